The highest BCUT2D eigenvalue weighted by atomic mass is 32.2. The van der Waals surface area contributed by atoms with E-state index in [4.69, 9.17) is 9.47 Å². The summed E-state index contributed by atoms with van der Waals surface area (Å²) < 4.78 is 37.2. The summed E-state index contributed by atoms with van der Waals surface area (Å²) in [6, 6.07) is 13.7. The highest BCUT2D eigenvalue weighted by Gasteiger charge is 2.54. The van der Waals surface area contributed by atoms with Crippen molar-refractivity contribution in [3.05, 3.63) is 48.5 Å². The number of hydrogen-bond acceptors (Lipinski definition) is 5. The first kappa shape index (κ1) is 21.0. The summed E-state index contributed by atoms with van der Waals surface area (Å²) in [5, 5.41) is 2.78. The van der Waals surface area contributed by atoms with Gasteiger partial charge >= 0.3 is 0 Å². The summed E-state index contributed by atoms with van der Waals surface area (Å²) in [5.74, 6) is 0.456. The molecule has 0 aliphatic heterocycles. The molecule has 2 aromatic carbocycles. The van der Waals surface area contributed by atoms with Crippen molar-refractivity contribution in [2.45, 2.75) is 30.4 Å². The van der Waals surface area contributed by atoms with Gasteiger partial charge in [-0.25, -0.2) is 8.42 Å². The lowest BCUT2D eigenvalue weighted by Crippen LogP contribution is -2.53. The number of rotatable bonds is 7. The average molecular weight is 419 g/mol. The zero-order valence-electron chi connectivity index (χ0n) is 16.8. The second-order valence-corrected chi connectivity index (χ2v) is 9.31. The molecule has 1 N–H and O–H groups in total. The number of amides is 1. The third kappa shape index (κ3) is 3.76. The van der Waals surface area contributed by atoms with Crippen molar-refractivity contribution in [3.63, 3.8) is 0 Å². The fourth-order valence-corrected chi connectivity index (χ4v) is 5.76. The van der Waals surface area contributed by atoms with Crippen molar-refractivity contribution in [1.29, 1.82) is 0 Å². The molecule has 0 atom stereocenters. The van der Waals surface area contributed by atoms with Crippen LogP contribution < -0.4 is 19.1 Å². The maximum atomic E-state index is 13.5. The van der Waals surface area contributed by atoms with E-state index in [-0.39, 0.29) is 12.8 Å². The van der Waals surface area contributed by atoms with Gasteiger partial charge in [-0.1, -0.05) is 31.0 Å². The summed E-state index contributed by atoms with van der Waals surface area (Å²) in [6.45, 7) is 0. The zero-order chi connectivity index (χ0) is 21.1. The quantitative estimate of drug-likeness (QED) is 0.745. The van der Waals surface area contributed by atoms with Gasteiger partial charge in [0.1, 0.15) is 0 Å². The molecular formula is C21H26N2O5S. The number of methoxy groups -OCH3 is 2. The number of carbonyl (C=O) groups is 1. The lowest BCUT2D eigenvalue weighted by Gasteiger charge is -2.33. The van der Waals surface area contributed by atoms with Crippen LogP contribution in [0.5, 0.6) is 11.5 Å². The zero-order valence-corrected chi connectivity index (χ0v) is 17.7. The van der Waals surface area contributed by atoms with E-state index in [1.165, 1.54) is 25.6 Å². The van der Waals surface area contributed by atoms with Crippen LogP contribution in [0.2, 0.25) is 0 Å². The number of sulfonamides is 1. The number of hydrogen-bond donors (Lipinski definition) is 1. The van der Waals surface area contributed by atoms with E-state index in [0.717, 1.165) is 0 Å². The molecule has 29 heavy (non-hydrogen) atoms. The Hall–Kier alpha value is -2.74. The molecule has 3 rings (SSSR count). The Labute approximate surface area is 171 Å². The molecule has 7 nitrogen and oxygen atoms in total. The lowest BCUT2D eigenvalue weighted by atomic mass is 10.1. The normalized spacial score (nSPS) is 15.6. The fraction of sp³-hybridized carbons (Fsp3) is 0.381. The molecule has 8 heteroatoms. The van der Waals surface area contributed by atoms with Crippen LogP contribution >= 0.6 is 0 Å². The van der Waals surface area contributed by atoms with Gasteiger partial charge in [0.25, 0.3) is 0 Å². The first-order valence-corrected chi connectivity index (χ1v) is 10.9. The van der Waals surface area contributed by atoms with Crippen molar-refractivity contribution in [1.82, 2.24) is 0 Å². The van der Waals surface area contributed by atoms with E-state index >= 15 is 0 Å². The molecular weight excluding hydrogens is 392 g/mol. The lowest BCUT2D eigenvalue weighted by molar-refractivity contribution is -0.118. The predicted molar refractivity (Wildman–Crippen MR) is 113 cm³/mol. The van der Waals surface area contributed by atoms with Crippen molar-refractivity contribution < 1.29 is 22.7 Å². The molecule has 0 aromatic heterocycles. The molecule has 2 aromatic rings. The van der Waals surface area contributed by atoms with E-state index in [1.54, 1.807) is 42.5 Å². The summed E-state index contributed by atoms with van der Waals surface area (Å²) in [5.41, 5.74) is 0.981. The van der Waals surface area contributed by atoms with Crippen LogP contribution in [0.15, 0.2) is 48.5 Å². The SMILES string of the molecule is COc1ccc(NC(=O)C2(S(=O)(=O)N(C)c3ccccc3)CCCC2)cc1OC. The minimum absolute atomic E-state index is 0.283. The molecule has 0 radical (unpaired) electrons. The third-order valence-corrected chi connectivity index (χ3v) is 7.95. The van der Waals surface area contributed by atoms with E-state index in [2.05, 4.69) is 5.32 Å². The van der Waals surface area contributed by atoms with Gasteiger partial charge < -0.3 is 14.8 Å². The summed E-state index contributed by atoms with van der Waals surface area (Å²) in [6.07, 6.45) is 1.93. The Kier molecular flexibility index (Phi) is 6.02. The first-order chi connectivity index (χ1) is 13.9. The number of nitrogens with zero attached hydrogens (tertiary/aromatic N) is 1. The van der Waals surface area contributed by atoms with Gasteiger partial charge in [0.15, 0.2) is 16.2 Å². The van der Waals surface area contributed by atoms with Crippen LogP contribution in [-0.4, -0.2) is 40.3 Å². The molecule has 1 aliphatic carbocycles. The number of anilines is 2. The van der Waals surface area contributed by atoms with Crippen LogP contribution in [0.4, 0.5) is 11.4 Å². The summed E-state index contributed by atoms with van der Waals surface area (Å²) >= 11 is 0. The molecule has 1 amide bonds. The van der Waals surface area contributed by atoms with E-state index in [1.807, 2.05) is 6.07 Å². The van der Waals surface area contributed by atoms with Gasteiger partial charge in [0.2, 0.25) is 15.9 Å². The van der Waals surface area contributed by atoms with Gasteiger partial charge in [0, 0.05) is 18.8 Å². The highest BCUT2D eigenvalue weighted by Crippen LogP contribution is 2.41. The Morgan fingerprint density at radius 1 is 1.00 bits per heavy atom. The summed E-state index contributed by atoms with van der Waals surface area (Å²) in [4.78, 5) is 13.3. The topological polar surface area (TPSA) is 84.9 Å². The molecule has 0 unspecified atom stereocenters. The molecule has 1 aliphatic rings. The van der Waals surface area contributed by atoms with Gasteiger partial charge in [-0.3, -0.25) is 9.10 Å². The van der Waals surface area contributed by atoms with E-state index in [9.17, 15) is 13.2 Å². The molecule has 1 saturated carbocycles. The Bertz CT molecular complexity index is 970. The summed E-state index contributed by atoms with van der Waals surface area (Å²) in [7, 11) is 0.583. The van der Waals surface area contributed by atoms with Gasteiger partial charge in [-0.15, -0.1) is 0 Å². The molecule has 156 valence electrons. The van der Waals surface area contributed by atoms with Crippen molar-refractivity contribution in [2.24, 2.45) is 0 Å². The number of nitrogens with one attached hydrogen (secondary N) is 1. The standard InChI is InChI=1S/C21H26N2O5S/c1-23(17-9-5-4-6-10-17)29(25,26)21(13-7-8-14-21)20(24)22-16-11-12-18(27-2)19(15-16)28-3/h4-6,9-12,15H,7-8,13-14H2,1-3H3,(H,22,24). The molecule has 0 saturated heterocycles. The minimum Gasteiger partial charge on any atom is -0.493 e. The Morgan fingerprint density at radius 3 is 2.21 bits per heavy atom. The monoisotopic (exact) mass is 418 g/mol. The number of ether oxygens (including phenoxy) is 2. The van der Waals surface area contributed by atoms with Crippen molar-refractivity contribution >= 4 is 27.3 Å². The molecule has 0 bridgehead atoms. The maximum absolute atomic E-state index is 13.5. The average Bonchev–Trinajstić information content (AvgIpc) is 3.25. The van der Waals surface area contributed by atoms with Crippen LogP contribution in [0.25, 0.3) is 0 Å². The van der Waals surface area contributed by atoms with Crippen molar-refractivity contribution in [3.8, 4) is 11.5 Å². The second kappa shape index (κ2) is 8.32. The molecule has 1 fully saturated rings. The van der Waals surface area contributed by atoms with Gasteiger partial charge in [-0.05, 0) is 37.1 Å². The number of para-hydroxylation sites is 1. The van der Waals surface area contributed by atoms with Crippen LogP contribution in [0.1, 0.15) is 25.7 Å². The Balaban J connectivity index is 1.93. The molecule has 0 heterocycles. The van der Waals surface area contributed by atoms with Crippen molar-refractivity contribution in [2.75, 3.05) is 30.9 Å². The second-order valence-electron chi connectivity index (χ2n) is 7.03. The van der Waals surface area contributed by atoms with E-state index < -0.39 is 20.7 Å². The smallest absolute Gasteiger partial charge is 0.249 e. The van der Waals surface area contributed by atoms with Gasteiger partial charge in [0.05, 0.1) is 19.9 Å². The van der Waals surface area contributed by atoms with Crippen LogP contribution in [-0.2, 0) is 14.8 Å². The first-order valence-electron chi connectivity index (χ1n) is 9.43. The van der Waals surface area contributed by atoms with Crippen LogP contribution in [0.3, 0.4) is 0 Å². The maximum Gasteiger partial charge on any atom is 0.249 e. The molecule has 0 spiro atoms. The minimum atomic E-state index is -3.94. The van der Waals surface area contributed by atoms with Gasteiger partial charge in [-0.2, -0.15) is 0 Å². The number of carbonyl (C=O) groups excluding carboxylic acids is 1. The largest absolute Gasteiger partial charge is 0.493 e. The van der Waals surface area contributed by atoms with E-state index in [0.29, 0.717) is 35.7 Å². The van der Waals surface area contributed by atoms with Crippen LogP contribution in [0, 0.1) is 0 Å². The Morgan fingerprint density at radius 2 is 1.62 bits per heavy atom. The predicted octanol–water partition coefficient (Wildman–Crippen LogP) is 3.42. The third-order valence-electron chi connectivity index (χ3n) is 5.44. The fourth-order valence-electron chi connectivity index (χ4n) is 3.75. The highest BCUT2D eigenvalue weighted by molar-refractivity contribution is 7.95. The number of benzene rings is 2.